The van der Waals surface area contributed by atoms with Gasteiger partial charge < -0.3 is 15.5 Å². The lowest BCUT2D eigenvalue weighted by Crippen LogP contribution is -2.50. The normalized spacial score (nSPS) is 28.0. The molecule has 3 unspecified atom stereocenters. The fraction of sp³-hybridized carbons (Fsp3) is 0.812. The molecule has 0 bridgehead atoms. The van der Waals surface area contributed by atoms with E-state index < -0.39 is 0 Å². The molecule has 6 nitrogen and oxygen atoms in total. The molecule has 2 fully saturated rings. The molecule has 0 radical (unpaired) electrons. The molecule has 1 saturated carbocycles. The van der Waals surface area contributed by atoms with E-state index in [1.54, 1.807) is 11.9 Å². The largest absolute Gasteiger partial charge is 0.352 e. The van der Waals surface area contributed by atoms with Crippen LogP contribution < -0.4 is 10.6 Å². The van der Waals surface area contributed by atoms with Crippen molar-refractivity contribution in [2.45, 2.75) is 58.0 Å². The van der Waals surface area contributed by atoms with Crippen molar-refractivity contribution in [3.05, 3.63) is 0 Å². The Bertz CT molecular complexity index is 450. The summed E-state index contributed by atoms with van der Waals surface area (Å²) in [7, 11) is 1.59. The van der Waals surface area contributed by atoms with Gasteiger partial charge in [-0.3, -0.25) is 9.59 Å². The first kappa shape index (κ1) is 16.8. The van der Waals surface area contributed by atoms with Crippen molar-refractivity contribution in [1.82, 2.24) is 15.5 Å². The second kappa shape index (κ2) is 7.11. The number of rotatable bonds is 4. The number of ketones is 1. The molecule has 3 amide bonds. The van der Waals surface area contributed by atoms with E-state index in [1.165, 1.54) is 0 Å². The molecule has 2 N–H and O–H groups in total. The molecular weight excluding hydrogens is 282 g/mol. The molecule has 1 heterocycles. The number of nitrogens with one attached hydrogen (secondary N) is 2. The van der Waals surface area contributed by atoms with Gasteiger partial charge >= 0.3 is 6.03 Å². The summed E-state index contributed by atoms with van der Waals surface area (Å²) in [6.45, 7) is 4.34. The van der Waals surface area contributed by atoms with Crippen LogP contribution in [0, 0.1) is 11.8 Å². The van der Waals surface area contributed by atoms with E-state index in [0.717, 1.165) is 32.1 Å². The van der Waals surface area contributed by atoms with Crippen LogP contribution in [0.25, 0.3) is 0 Å². The van der Waals surface area contributed by atoms with E-state index in [-0.39, 0.29) is 41.6 Å². The van der Waals surface area contributed by atoms with Crippen LogP contribution in [0.5, 0.6) is 0 Å². The van der Waals surface area contributed by atoms with Crippen molar-refractivity contribution in [2.24, 2.45) is 11.8 Å². The molecule has 6 heteroatoms. The van der Waals surface area contributed by atoms with Gasteiger partial charge in [0.15, 0.2) is 5.78 Å². The maximum atomic E-state index is 12.9. The lowest BCUT2D eigenvalue weighted by molar-refractivity contribution is -0.128. The van der Waals surface area contributed by atoms with Crippen LogP contribution in [0.15, 0.2) is 0 Å². The second-order valence-corrected chi connectivity index (χ2v) is 6.62. The van der Waals surface area contributed by atoms with E-state index in [0.29, 0.717) is 6.54 Å². The Labute approximate surface area is 132 Å². The Kier molecular flexibility index (Phi) is 5.42. The highest BCUT2D eigenvalue weighted by Crippen LogP contribution is 2.31. The molecule has 22 heavy (non-hydrogen) atoms. The van der Waals surface area contributed by atoms with E-state index >= 15 is 0 Å². The van der Waals surface area contributed by atoms with Gasteiger partial charge in [-0.2, -0.15) is 0 Å². The molecule has 0 spiro atoms. The number of nitrogens with zero attached hydrogens (tertiary/aromatic N) is 1. The molecule has 2 aliphatic rings. The SMILES string of the molecule is CNC(=O)N1CCCC1C(=O)C1CCCC1NC(=O)C(C)C. The van der Waals surface area contributed by atoms with Crippen molar-refractivity contribution >= 4 is 17.7 Å². The Balaban J connectivity index is 2.04. The summed E-state index contributed by atoms with van der Waals surface area (Å²) >= 11 is 0. The Morgan fingerprint density at radius 2 is 1.82 bits per heavy atom. The molecule has 124 valence electrons. The first-order chi connectivity index (χ1) is 10.5. The molecule has 1 saturated heterocycles. The van der Waals surface area contributed by atoms with Gasteiger partial charge in [0, 0.05) is 31.5 Å². The maximum absolute atomic E-state index is 12.9. The van der Waals surface area contributed by atoms with Crippen molar-refractivity contribution in [2.75, 3.05) is 13.6 Å². The number of amides is 3. The zero-order valence-corrected chi connectivity index (χ0v) is 13.7. The third kappa shape index (κ3) is 3.42. The molecule has 2 rings (SSSR count). The first-order valence-corrected chi connectivity index (χ1v) is 8.28. The zero-order chi connectivity index (χ0) is 16.3. The smallest absolute Gasteiger partial charge is 0.317 e. The Morgan fingerprint density at radius 3 is 2.45 bits per heavy atom. The fourth-order valence-electron chi connectivity index (χ4n) is 3.52. The number of hydrogen-bond acceptors (Lipinski definition) is 3. The number of urea groups is 1. The van der Waals surface area contributed by atoms with Crippen molar-refractivity contribution < 1.29 is 14.4 Å². The van der Waals surface area contributed by atoms with Gasteiger partial charge in [-0.25, -0.2) is 4.79 Å². The molecule has 0 aromatic carbocycles. The van der Waals surface area contributed by atoms with Crippen LogP contribution in [0.3, 0.4) is 0 Å². The summed E-state index contributed by atoms with van der Waals surface area (Å²) in [5.74, 6) is -0.116. The van der Waals surface area contributed by atoms with Crippen LogP contribution in [-0.4, -0.2) is 48.3 Å². The van der Waals surface area contributed by atoms with E-state index in [2.05, 4.69) is 10.6 Å². The summed E-state index contributed by atoms with van der Waals surface area (Å²) in [6.07, 6.45) is 4.20. The maximum Gasteiger partial charge on any atom is 0.317 e. The van der Waals surface area contributed by atoms with E-state index in [1.807, 2.05) is 13.8 Å². The van der Waals surface area contributed by atoms with Crippen molar-refractivity contribution in [3.63, 3.8) is 0 Å². The van der Waals surface area contributed by atoms with Gasteiger partial charge in [-0.1, -0.05) is 20.3 Å². The minimum atomic E-state index is -0.332. The zero-order valence-electron chi connectivity index (χ0n) is 13.7. The Hall–Kier alpha value is -1.59. The second-order valence-electron chi connectivity index (χ2n) is 6.62. The van der Waals surface area contributed by atoms with Gasteiger partial charge in [-0.15, -0.1) is 0 Å². The molecule has 0 aromatic rings. The number of likely N-dealkylation sites (tertiary alicyclic amines) is 1. The van der Waals surface area contributed by atoms with Crippen molar-refractivity contribution in [3.8, 4) is 0 Å². The molecule has 1 aliphatic heterocycles. The molecular formula is C16H27N3O3. The topological polar surface area (TPSA) is 78.5 Å². The van der Waals surface area contributed by atoms with E-state index in [9.17, 15) is 14.4 Å². The third-order valence-corrected chi connectivity index (χ3v) is 4.79. The number of carbonyl (C=O) groups excluding carboxylic acids is 3. The van der Waals surface area contributed by atoms with Gasteiger partial charge in [0.2, 0.25) is 5.91 Å². The fourth-order valence-corrected chi connectivity index (χ4v) is 3.52. The number of hydrogen-bond donors (Lipinski definition) is 2. The van der Waals surface area contributed by atoms with Crippen molar-refractivity contribution in [1.29, 1.82) is 0 Å². The minimum Gasteiger partial charge on any atom is -0.352 e. The molecule has 3 atom stereocenters. The number of Topliss-reactive ketones (excluding diaryl/α,β-unsaturated/α-hetero) is 1. The summed E-state index contributed by atoms with van der Waals surface area (Å²) in [5, 5.41) is 5.62. The Morgan fingerprint density at radius 1 is 1.09 bits per heavy atom. The minimum absolute atomic E-state index is 0.000667. The quantitative estimate of drug-likeness (QED) is 0.821. The summed E-state index contributed by atoms with van der Waals surface area (Å²) < 4.78 is 0. The van der Waals surface area contributed by atoms with Gasteiger partial charge in [0.05, 0.1) is 6.04 Å². The highest BCUT2D eigenvalue weighted by Gasteiger charge is 2.42. The van der Waals surface area contributed by atoms with Gasteiger partial charge in [0.25, 0.3) is 0 Å². The lowest BCUT2D eigenvalue weighted by atomic mass is 9.91. The average molecular weight is 309 g/mol. The lowest BCUT2D eigenvalue weighted by Gasteiger charge is -2.28. The third-order valence-electron chi connectivity index (χ3n) is 4.79. The average Bonchev–Trinajstić information content (AvgIpc) is 3.14. The van der Waals surface area contributed by atoms with Crippen LogP contribution in [0.4, 0.5) is 4.79 Å². The summed E-state index contributed by atoms with van der Waals surface area (Å²) in [4.78, 5) is 38.3. The van der Waals surface area contributed by atoms with Gasteiger partial charge in [-0.05, 0) is 25.7 Å². The highest BCUT2D eigenvalue weighted by atomic mass is 16.2. The highest BCUT2D eigenvalue weighted by molar-refractivity contribution is 5.92. The molecule has 1 aliphatic carbocycles. The van der Waals surface area contributed by atoms with Crippen LogP contribution in [-0.2, 0) is 9.59 Å². The van der Waals surface area contributed by atoms with Crippen LogP contribution in [0.1, 0.15) is 46.0 Å². The summed E-state index contributed by atoms with van der Waals surface area (Å²) in [5.41, 5.74) is 0. The van der Waals surface area contributed by atoms with Crippen LogP contribution >= 0.6 is 0 Å². The monoisotopic (exact) mass is 309 g/mol. The predicted molar refractivity (Wildman–Crippen MR) is 83.3 cm³/mol. The first-order valence-electron chi connectivity index (χ1n) is 8.28. The summed E-state index contributed by atoms with van der Waals surface area (Å²) in [6, 6.07) is -0.590. The number of carbonyl (C=O) groups is 3. The molecule has 0 aromatic heterocycles. The van der Waals surface area contributed by atoms with E-state index in [4.69, 9.17) is 0 Å². The van der Waals surface area contributed by atoms with Crippen LogP contribution in [0.2, 0.25) is 0 Å². The standard InChI is InChI=1S/C16H27N3O3/c1-10(2)15(21)18-12-7-4-6-11(12)14(20)13-8-5-9-19(13)16(22)17-3/h10-13H,4-9H2,1-3H3,(H,17,22)(H,18,21). The van der Waals surface area contributed by atoms with Gasteiger partial charge in [0.1, 0.15) is 0 Å². The predicted octanol–water partition coefficient (Wildman–Crippen LogP) is 1.30.